The first kappa shape index (κ1) is 15.0. The lowest BCUT2D eigenvalue weighted by molar-refractivity contribution is -0.120. The summed E-state index contributed by atoms with van der Waals surface area (Å²) in [5.41, 5.74) is 1.76. The van der Waals surface area contributed by atoms with E-state index in [9.17, 15) is 4.79 Å². The van der Waals surface area contributed by atoms with E-state index in [1.165, 1.54) is 0 Å². The van der Waals surface area contributed by atoms with E-state index < -0.39 is 0 Å². The van der Waals surface area contributed by atoms with Crippen molar-refractivity contribution in [3.05, 3.63) is 28.2 Å². The number of benzene rings is 1. The molecule has 0 saturated heterocycles. The van der Waals surface area contributed by atoms with Crippen LogP contribution in [-0.2, 0) is 11.4 Å². The third-order valence-electron chi connectivity index (χ3n) is 2.48. The number of amides is 1. The highest BCUT2D eigenvalue weighted by atomic mass is 79.9. The molecule has 0 aliphatic carbocycles. The molecular formula is C13H19BrN2O2. The zero-order valence-electron chi connectivity index (χ0n) is 10.9. The third-order valence-corrected chi connectivity index (χ3v) is 3.22. The van der Waals surface area contributed by atoms with Gasteiger partial charge in [-0.3, -0.25) is 4.79 Å². The van der Waals surface area contributed by atoms with Gasteiger partial charge in [0.25, 0.3) is 0 Å². The van der Waals surface area contributed by atoms with Crippen molar-refractivity contribution in [3.8, 4) is 0 Å². The van der Waals surface area contributed by atoms with Crippen molar-refractivity contribution < 1.29 is 9.90 Å². The normalized spacial score (nSPS) is 10.6. The van der Waals surface area contributed by atoms with Crippen molar-refractivity contribution in [2.75, 3.05) is 18.5 Å². The number of nitrogens with one attached hydrogen (secondary N) is 1. The van der Waals surface area contributed by atoms with Gasteiger partial charge < -0.3 is 15.3 Å². The van der Waals surface area contributed by atoms with E-state index in [1.54, 1.807) is 0 Å². The minimum Gasteiger partial charge on any atom is -0.392 e. The van der Waals surface area contributed by atoms with E-state index in [0.29, 0.717) is 6.54 Å². The fourth-order valence-electron chi connectivity index (χ4n) is 1.58. The highest BCUT2D eigenvalue weighted by molar-refractivity contribution is 9.10. The van der Waals surface area contributed by atoms with Gasteiger partial charge in [-0.25, -0.2) is 0 Å². The van der Waals surface area contributed by atoms with Gasteiger partial charge >= 0.3 is 0 Å². The molecule has 0 saturated carbocycles. The fraction of sp³-hybridized carbons (Fsp3) is 0.462. The summed E-state index contributed by atoms with van der Waals surface area (Å²) in [6, 6.07) is 5.78. The van der Waals surface area contributed by atoms with E-state index in [0.717, 1.165) is 15.7 Å². The molecule has 1 amide bonds. The largest absolute Gasteiger partial charge is 0.392 e. The fourth-order valence-corrected chi connectivity index (χ4v) is 2.07. The summed E-state index contributed by atoms with van der Waals surface area (Å²) >= 11 is 3.39. The van der Waals surface area contributed by atoms with Crippen LogP contribution in [0, 0.1) is 0 Å². The Morgan fingerprint density at radius 1 is 1.50 bits per heavy atom. The number of aliphatic hydroxyl groups excluding tert-OH is 1. The van der Waals surface area contributed by atoms with Crippen LogP contribution in [0.5, 0.6) is 0 Å². The van der Waals surface area contributed by atoms with Crippen LogP contribution in [0.15, 0.2) is 22.7 Å². The zero-order valence-corrected chi connectivity index (χ0v) is 12.5. The van der Waals surface area contributed by atoms with Crippen LogP contribution in [0.1, 0.15) is 19.4 Å². The van der Waals surface area contributed by atoms with Crippen LogP contribution in [0.4, 0.5) is 5.69 Å². The first-order valence-electron chi connectivity index (χ1n) is 5.83. The van der Waals surface area contributed by atoms with Crippen molar-refractivity contribution in [3.63, 3.8) is 0 Å². The Bertz CT molecular complexity index is 421. The average molecular weight is 315 g/mol. The Kier molecular flexibility index (Phi) is 5.62. The van der Waals surface area contributed by atoms with Crippen molar-refractivity contribution in [1.82, 2.24) is 5.32 Å². The number of hydrogen-bond donors (Lipinski definition) is 2. The van der Waals surface area contributed by atoms with Gasteiger partial charge in [-0.15, -0.1) is 0 Å². The summed E-state index contributed by atoms with van der Waals surface area (Å²) in [4.78, 5) is 13.5. The molecule has 0 aliphatic rings. The van der Waals surface area contributed by atoms with Gasteiger partial charge in [-0.2, -0.15) is 0 Å². The molecule has 0 unspecified atom stereocenters. The molecule has 1 aromatic carbocycles. The molecule has 0 aromatic heterocycles. The van der Waals surface area contributed by atoms with Crippen LogP contribution < -0.4 is 10.2 Å². The lowest BCUT2D eigenvalue weighted by atomic mass is 10.2. The summed E-state index contributed by atoms with van der Waals surface area (Å²) in [5.74, 6) is -0.00476. The van der Waals surface area contributed by atoms with Crippen molar-refractivity contribution >= 4 is 27.5 Å². The van der Waals surface area contributed by atoms with Gasteiger partial charge in [-0.1, -0.05) is 22.0 Å². The maximum absolute atomic E-state index is 11.6. The second kappa shape index (κ2) is 6.75. The number of anilines is 1. The maximum Gasteiger partial charge on any atom is 0.239 e. The molecular weight excluding hydrogens is 296 g/mol. The summed E-state index contributed by atoms with van der Waals surface area (Å²) < 4.78 is 0.846. The summed E-state index contributed by atoms with van der Waals surface area (Å²) in [6.07, 6.45) is 0. The molecule has 1 aromatic rings. The molecule has 0 radical (unpaired) electrons. The van der Waals surface area contributed by atoms with Gasteiger partial charge in [-0.05, 0) is 31.5 Å². The lowest BCUT2D eigenvalue weighted by Gasteiger charge is -2.20. The van der Waals surface area contributed by atoms with Gasteiger partial charge in [0.05, 0.1) is 13.2 Å². The van der Waals surface area contributed by atoms with E-state index >= 15 is 0 Å². The number of rotatable bonds is 5. The van der Waals surface area contributed by atoms with Crippen LogP contribution in [0.25, 0.3) is 0 Å². The van der Waals surface area contributed by atoms with Gasteiger partial charge in [0.15, 0.2) is 0 Å². The van der Waals surface area contributed by atoms with Crippen molar-refractivity contribution in [2.45, 2.75) is 26.5 Å². The molecule has 100 valence electrons. The predicted octanol–water partition coefficient (Wildman–Crippen LogP) is 1.90. The number of hydrogen-bond acceptors (Lipinski definition) is 3. The molecule has 0 atom stereocenters. The van der Waals surface area contributed by atoms with Crippen molar-refractivity contribution in [1.29, 1.82) is 0 Å². The van der Waals surface area contributed by atoms with E-state index in [-0.39, 0.29) is 18.6 Å². The van der Waals surface area contributed by atoms with E-state index in [4.69, 9.17) is 5.11 Å². The summed E-state index contributed by atoms with van der Waals surface area (Å²) in [7, 11) is 1.86. The molecule has 0 aliphatic heterocycles. The molecule has 1 rings (SSSR count). The van der Waals surface area contributed by atoms with Gasteiger partial charge in [0, 0.05) is 23.2 Å². The predicted molar refractivity (Wildman–Crippen MR) is 76.6 cm³/mol. The molecule has 2 N–H and O–H groups in total. The number of aliphatic hydroxyl groups is 1. The smallest absolute Gasteiger partial charge is 0.239 e. The first-order chi connectivity index (χ1) is 8.43. The Labute approximate surface area is 116 Å². The molecule has 5 heteroatoms. The third kappa shape index (κ3) is 4.31. The van der Waals surface area contributed by atoms with Crippen LogP contribution in [0.2, 0.25) is 0 Å². The number of carbonyl (C=O) groups is 1. The first-order valence-corrected chi connectivity index (χ1v) is 6.63. The molecule has 0 fully saturated rings. The number of halogens is 1. The van der Waals surface area contributed by atoms with Crippen LogP contribution in [0.3, 0.4) is 0 Å². The number of carbonyl (C=O) groups excluding carboxylic acids is 1. The van der Waals surface area contributed by atoms with E-state index in [2.05, 4.69) is 21.2 Å². The average Bonchev–Trinajstić information content (AvgIpc) is 2.27. The monoisotopic (exact) mass is 314 g/mol. The quantitative estimate of drug-likeness (QED) is 0.873. The van der Waals surface area contributed by atoms with Crippen LogP contribution >= 0.6 is 15.9 Å². The molecule has 18 heavy (non-hydrogen) atoms. The Hall–Kier alpha value is -1.07. The number of likely N-dealkylation sites (N-methyl/N-ethyl adjacent to an activating group) is 1. The number of nitrogens with zero attached hydrogens (tertiary/aromatic N) is 1. The lowest BCUT2D eigenvalue weighted by Crippen LogP contribution is -2.38. The summed E-state index contributed by atoms with van der Waals surface area (Å²) in [5, 5.41) is 11.9. The standard InChI is InChI=1S/C13H19BrN2O2/c1-9(2)15-13(18)7-16(3)11-5-4-10(8-17)12(14)6-11/h4-6,9,17H,7-8H2,1-3H3,(H,15,18). The Balaban J connectivity index is 2.69. The Morgan fingerprint density at radius 3 is 2.67 bits per heavy atom. The zero-order chi connectivity index (χ0) is 13.7. The second-order valence-corrected chi connectivity index (χ2v) is 5.37. The van der Waals surface area contributed by atoms with Gasteiger partial charge in [0.2, 0.25) is 5.91 Å². The molecule has 0 bridgehead atoms. The Morgan fingerprint density at radius 2 is 2.17 bits per heavy atom. The van der Waals surface area contributed by atoms with Crippen molar-refractivity contribution in [2.24, 2.45) is 0 Å². The summed E-state index contributed by atoms with van der Waals surface area (Å²) in [6.45, 7) is 4.18. The van der Waals surface area contributed by atoms with E-state index in [1.807, 2.05) is 44.0 Å². The second-order valence-electron chi connectivity index (χ2n) is 4.51. The minimum atomic E-state index is -0.00476. The highest BCUT2D eigenvalue weighted by Crippen LogP contribution is 2.23. The topological polar surface area (TPSA) is 52.6 Å². The van der Waals surface area contributed by atoms with Crippen LogP contribution in [-0.4, -0.2) is 30.6 Å². The molecule has 0 heterocycles. The van der Waals surface area contributed by atoms with Gasteiger partial charge in [0.1, 0.15) is 0 Å². The molecule has 0 spiro atoms. The maximum atomic E-state index is 11.6. The molecule has 4 nitrogen and oxygen atoms in total. The SMILES string of the molecule is CC(C)NC(=O)CN(C)c1ccc(CO)c(Br)c1. The highest BCUT2D eigenvalue weighted by Gasteiger charge is 2.09. The minimum absolute atomic E-state index is 0.00157.